The number of carbonyl (C=O) groups excluding carboxylic acids is 1. The maximum Gasteiger partial charge on any atom is 0.243 e. The molecular formula is C12H16ClN3O3S. The lowest BCUT2D eigenvalue weighted by atomic mass is 10.0. The number of rotatable bonds is 3. The van der Waals surface area contributed by atoms with Crippen LogP contribution in [0.15, 0.2) is 18.3 Å². The molecule has 6 nitrogen and oxygen atoms in total. The van der Waals surface area contributed by atoms with E-state index >= 15 is 0 Å². The van der Waals surface area contributed by atoms with E-state index in [1.807, 2.05) is 0 Å². The van der Waals surface area contributed by atoms with Crippen molar-refractivity contribution in [2.45, 2.75) is 25.3 Å². The summed E-state index contributed by atoms with van der Waals surface area (Å²) in [4.78, 5) is 16.2. The zero-order valence-corrected chi connectivity index (χ0v) is 12.6. The Bertz CT molecular complexity index is 588. The SMILES string of the molecule is CS(=O)(=O)N1CCCC[C@H]1C(=O)Nc1ccc(Cl)cn1. The summed E-state index contributed by atoms with van der Waals surface area (Å²) in [6.45, 7) is 0.380. The Labute approximate surface area is 123 Å². The highest BCUT2D eigenvalue weighted by Gasteiger charge is 2.34. The number of pyridine rings is 1. The Morgan fingerprint density at radius 3 is 2.80 bits per heavy atom. The first-order valence-corrected chi connectivity index (χ1v) is 8.50. The molecule has 0 aliphatic carbocycles. The molecule has 1 saturated heterocycles. The fourth-order valence-electron chi connectivity index (χ4n) is 2.22. The molecule has 0 saturated carbocycles. The topological polar surface area (TPSA) is 79.4 Å². The van der Waals surface area contributed by atoms with E-state index in [9.17, 15) is 13.2 Å². The molecule has 0 unspecified atom stereocenters. The number of hydrogen-bond donors (Lipinski definition) is 1. The highest BCUT2D eigenvalue weighted by atomic mass is 35.5. The number of hydrogen-bond acceptors (Lipinski definition) is 4. The average Bonchev–Trinajstić information content (AvgIpc) is 2.40. The summed E-state index contributed by atoms with van der Waals surface area (Å²) >= 11 is 5.72. The van der Waals surface area contributed by atoms with Gasteiger partial charge in [-0.05, 0) is 25.0 Å². The summed E-state index contributed by atoms with van der Waals surface area (Å²) in [5.41, 5.74) is 0. The van der Waals surface area contributed by atoms with Gasteiger partial charge >= 0.3 is 0 Å². The number of aromatic nitrogens is 1. The van der Waals surface area contributed by atoms with Crippen LogP contribution >= 0.6 is 11.6 Å². The van der Waals surface area contributed by atoms with Crippen LogP contribution in [0.3, 0.4) is 0 Å². The van der Waals surface area contributed by atoms with E-state index in [2.05, 4.69) is 10.3 Å². The summed E-state index contributed by atoms with van der Waals surface area (Å²) in [5, 5.41) is 3.10. The number of nitrogens with one attached hydrogen (secondary N) is 1. The minimum atomic E-state index is -3.39. The van der Waals surface area contributed by atoms with Crippen molar-refractivity contribution in [3.8, 4) is 0 Å². The number of amides is 1. The van der Waals surface area contributed by atoms with Gasteiger partial charge in [-0.1, -0.05) is 18.0 Å². The second kappa shape index (κ2) is 6.07. The standard InChI is InChI=1S/C12H16ClN3O3S/c1-20(18,19)16-7-3-2-4-10(16)12(17)15-11-6-5-9(13)8-14-11/h5-6,8,10H,2-4,7H2,1H3,(H,14,15,17)/t10-/m0/s1. The molecule has 0 radical (unpaired) electrons. The molecule has 0 aromatic carbocycles. The highest BCUT2D eigenvalue weighted by molar-refractivity contribution is 7.88. The van der Waals surface area contributed by atoms with Gasteiger partial charge in [0, 0.05) is 12.7 Å². The first kappa shape index (κ1) is 15.2. The molecule has 1 atom stereocenters. The van der Waals surface area contributed by atoms with Gasteiger partial charge in [0.05, 0.1) is 11.3 Å². The third-order valence-corrected chi connectivity index (χ3v) is 4.67. The van der Waals surface area contributed by atoms with Crippen molar-refractivity contribution in [1.82, 2.24) is 9.29 Å². The van der Waals surface area contributed by atoms with Gasteiger partial charge in [-0.25, -0.2) is 13.4 Å². The smallest absolute Gasteiger partial charge is 0.243 e. The van der Waals surface area contributed by atoms with Crippen molar-refractivity contribution < 1.29 is 13.2 Å². The molecule has 20 heavy (non-hydrogen) atoms. The number of sulfonamides is 1. The van der Waals surface area contributed by atoms with Crippen LogP contribution in [0.1, 0.15) is 19.3 Å². The lowest BCUT2D eigenvalue weighted by Gasteiger charge is -2.32. The van der Waals surface area contributed by atoms with Gasteiger partial charge < -0.3 is 5.32 Å². The molecule has 1 aliphatic heterocycles. The van der Waals surface area contributed by atoms with E-state index in [0.717, 1.165) is 19.1 Å². The summed E-state index contributed by atoms with van der Waals surface area (Å²) in [7, 11) is -3.39. The molecule has 0 spiro atoms. The van der Waals surface area contributed by atoms with Gasteiger partial charge in [-0.15, -0.1) is 0 Å². The van der Waals surface area contributed by atoms with Crippen LogP contribution < -0.4 is 5.32 Å². The molecule has 110 valence electrons. The molecule has 1 aliphatic rings. The average molecular weight is 318 g/mol. The number of anilines is 1. The number of nitrogens with zero attached hydrogens (tertiary/aromatic N) is 2. The fraction of sp³-hybridized carbons (Fsp3) is 0.500. The van der Waals surface area contributed by atoms with Crippen LogP contribution in [0.4, 0.5) is 5.82 Å². The summed E-state index contributed by atoms with van der Waals surface area (Å²) in [6.07, 6.45) is 4.67. The van der Waals surface area contributed by atoms with E-state index in [0.29, 0.717) is 23.8 Å². The van der Waals surface area contributed by atoms with Crippen LogP contribution in [0.2, 0.25) is 5.02 Å². The monoisotopic (exact) mass is 317 g/mol. The highest BCUT2D eigenvalue weighted by Crippen LogP contribution is 2.21. The fourth-order valence-corrected chi connectivity index (χ4v) is 3.46. The van der Waals surface area contributed by atoms with Crippen molar-refractivity contribution in [2.75, 3.05) is 18.1 Å². The Morgan fingerprint density at radius 1 is 1.45 bits per heavy atom. The molecule has 1 amide bonds. The van der Waals surface area contributed by atoms with Crippen molar-refractivity contribution >= 4 is 33.3 Å². The van der Waals surface area contributed by atoms with E-state index in [-0.39, 0.29) is 5.91 Å². The quantitative estimate of drug-likeness (QED) is 0.916. The van der Waals surface area contributed by atoms with Crippen LogP contribution in [0.5, 0.6) is 0 Å². The maximum absolute atomic E-state index is 12.2. The molecule has 8 heteroatoms. The zero-order valence-electron chi connectivity index (χ0n) is 11.0. The molecule has 2 heterocycles. The summed E-state index contributed by atoms with van der Waals surface area (Å²) in [6, 6.07) is 2.52. The van der Waals surface area contributed by atoms with Gasteiger partial charge in [0.25, 0.3) is 0 Å². The minimum Gasteiger partial charge on any atom is -0.309 e. The zero-order chi connectivity index (χ0) is 14.8. The number of halogens is 1. The molecule has 2 rings (SSSR count). The Hall–Kier alpha value is -1.18. The van der Waals surface area contributed by atoms with E-state index in [1.54, 1.807) is 12.1 Å². The Kier molecular flexibility index (Phi) is 4.62. The van der Waals surface area contributed by atoms with Gasteiger partial charge in [-0.3, -0.25) is 4.79 Å². The van der Waals surface area contributed by atoms with Crippen molar-refractivity contribution in [1.29, 1.82) is 0 Å². The lowest BCUT2D eigenvalue weighted by Crippen LogP contribution is -2.49. The van der Waals surface area contributed by atoms with Gasteiger partial charge in [0.2, 0.25) is 15.9 Å². The molecular weight excluding hydrogens is 302 g/mol. The first-order chi connectivity index (χ1) is 9.38. The summed E-state index contributed by atoms with van der Waals surface area (Å²) in [5.74, 6) is 0.00312. The maximum atomic E-state index is 12.2. The predicted molar refractivity (Wildman–Crippen MR) is 77.1 cm³/mol. The Balaban J connectivity index is 2.12. The van der Waals surface area contributed by atoms with E-state index < -0.39 is 16.1 Å². The molecule has 1 fully saturated rings. The van der Waals surface area contributed by atoms with Crippen LogP contribution in [0, 0.1) is 0 Å². The second-order valence-corrected chi connectivity index (χ2v) is 7.11. The largest absolute Gasteiger partial charge is 0.309 e. The molecule has 1 aromatic rings. The third kappa shape index (κ3) is 3.68. The molecule has 0 bridgehead atoms. The lowest BCUT2D eigenvalue weighted by molar-refractivity contribution is -0.120. The van der Waals surface area contributed by atoms with Crippen LogP contribution in [0.25, 0.3) is 0 Å². The van der Waals surface area contributed by atoms with Gasteiger partial charge in [0.15, 0.2) is 0 Å². The van der Waals surface area contributed by atoms with Crippen LogP contribution in [-0.2, 0) is 14.8 Å². The van der Waals surface area contributed by atoms with Gasteiger partial charge in [-0.2, -0.15) is 4.31 Å². The van der Waals surface area contributed by atoms with Gasteiger partial charge in [0.1, 0.15) is 11.9 Å². The van der Waals surface area contributed by atoms with E-state index in [1.165, 1.54) is 10.5 Å². The van der Waals surface area contributed by atoms with Crippen LogP contribution in [-0.4, -0.2) is 42.5 Å². The first-order valence-electron chi connectivity index (χ1n) is 6.27. The normalized spacial score (nSPS) is 20.6. The van der Waals surface area contributed by atoms with Crippen molar-refractivity contribution in [3.63, 3.8) is 0 Å². The number of piperidine rings is 1. The second-order valence-electron chi connectivity index (χ2n) is 4.74. The number of carbonyl (C=O) groups is 1. The summed E-state index contributed by atoms with van der Waals surface area (Å²) < 4.78 is 24.7. The third-order valence-electron chi connectivity index (χ3n) is 3.16. The Morgan fingerprint density at radius 2 is 2.20 bits per heavy atom. The van der Waals surface area contributed by atoms with Crippen molar-refractivity contribution in [3.05, 3.63) is 23.4 Å². The predicted octanol–water partition coefficient (Wildman–Crippen LogP) is 1.49. The van der Waals surface area contributed by atoms with Crippen molar-refractivity contribution in [2.24, 2.45) is 0 Å². The molecule has 1 aromatic heterocycles. The molecule has 1 N–H and O–H groups in total. The van der Waals surface area contributed by atoms with E-state index in [4.69, 9.17) is 11.6 Å². The minimum absolute atomic E-state index is 0.357.